The van der Waals surface area contributed by atoms with Gasteiger partial charge in [-0.25, -0.2) is 4.39 Å². The van der Waals surface area contributed by atoms with Crippen LogP contribution in [0.5, 0.6) is 0 Å². The number of anilines is 1. The molecule has 2 aromatic carbocycles. The third kappa shape index (κ3) is 3.26. The summed E-state index contributed by atoms with van der Waals surface area (Å²) in [6.45, 7) is 1.52. The van der Waals surface area contributed by atoms with Crippen molar-refractivity contribution in [2.45, 2.75) is 13.5 Å². The van der Waals surface area contributed by atoms with Crippen molar-refractivity contribution in [3.8, 4) is 6.07 Å². The number of nitrogens with zero attached hydrogens (tertiary/aromatic N) is 2. The smallest absolute Gasteiger partial charge is 0.244 e. The number of pyridine rings is 1. The van der Waals surface area contributed by atoms with Crippen molar-refractivity contribution >= 4 is 22.5 Å². The Kier molecular flexibility index (Phi) is 4.31. The molecular weight excluding hydrogens is 321 g/mol. The number of hydrogen-bond donors (Lipinski definition) is 1. The van der Waals surface area contributed by atoms with Crippen LogP contribution in [-0.2, 0) is 11.3 Å². The molecule has 6 heteroatoms. The molecule has 3 rings (SSSR count). The van der Waals surface area contributed by atoms with Crippen molar-refractivity contribution in [2.75, 3.05) is 5.32 Å². The second-order valence-electron chi connectivity index (χ2n) is 5.61. The highest BCUT2D eigenvalue weighted by atomic mass is 19.1. The normalized spacial score (nSPS) is 10.4. The Morgan fingerprint density at radius 3 is 2.64 bits per heavy atom. The number of carbonyl (C=O) groups excluding carboxylic acids is 1. The lowest BCUT2D eigenvalue weighted by Gasteiger charge is -2.15. The third-order valence-corrected chi connectivity index (χ3v) is 3.89. The molecule has 3 aromatic rings. The van der Waals surface area contributed by atoms with Gasteiger partial charge in [0.1, 0.15) is 12.4 Å². The monoisotopic (exact) mass is 335 g/mol. The molecule has 0 spiro atoms. The van der Waals surface area contributed by atoms with E-state index in [4.69, 9.17) is 5.26 Å². The van der Waals surface area contributed by atoms with Crippen molar-refractivity contribution in [2.24, 2.45) is 0 Å². The minimum absolute atomic E-state index is 0.113. The average Bonchev–Trinajstić information content (AvgIpc) is 2.59. The van der Waals surface area contributed by atoms with Gasteiger partial charge in [0.2, 0.25) is 5.91 Å². The highest BCUT2D eigenvalue weighted by Gasteiger charge is 2.13. The predicted molar refractivity (Wildman–Crippen MR) is 92.7 cm³/mol. The second-order valence-corrected chi connectivity index (χ2v) is 5.61. The van der Waals surface area contributed by atoms with Gasteiger partial charge >= 0.3 is 0 Å². The van der Waals surface area contributed by atoms with Gasteiger partial charge in [0.15, 0.2) is 5.43 Å². The molecule has 0 atom stereocenters. The first-order chi connectivity index (χ1) is 12.0. The fraction of sp³-hybridized carbons (Fsp3) is 0.105. The van der Waals surface area contributed by atoms with E-state index in [2.05, 4.69) is 5.32 Å². The molecular formula is C19H14FN3O2. The molecule has 0 bridgehead atoms. The van der Waals surface area contributed by atoms with E-state index < -0.39 is 5.82 Å². The van der Waals surface area contributed by atoms with E-state index in [0.29, 0.717) is 16.9 Å². The van der Waals surface area contributed by atoms with Crippen LogP contribution in [0.4, 0.5) is 10.1 Å². The van der Waals surface area contributed by atoms with Gasteiger partial charge in [-0.1, -0.05) is 6.07 Å². The van der Waals surface area contributed by atoms with E-state index in [1.54, 1.807) is 31.2 Å². The first-order valence-corrected chi connectivity index (χ1v) is 7.58. The minimum atomic E-state index is -0.551. The van der Waals surface area contributed by atoms with Gasteiger partial charge in [-0.05, 0) is 43.3 Å². The molecule has 0 aliphatic heterocycles. The van der Waals surface area contributed by atoms with Crippen molar-refractivity contribution in [3.63, 3.8) is 0 Å². The molecule has 5 nitrogen and oxygen atoms in total. The number of amides is 1. The Hall–Kier alpha value is -3.46. The summed E-state index contributed by atoms with van der Waals surface area (Å²) in [5.74, 6) is -0.912. The zero-order valence-electron chi connectivity index (χ0n) is 13.4. The van der Waals surface area contributed by atoms with Crippen molar-refractivity contribution in [1.29, 1.82) is 5.26 Å². The van der Waals surface area contributed by atoms with Gasteiger partial charge in [-0.3, -0.25) is 9.59 Å². The highest BCUT2D eigenvalue weighted by Crippen LogP contribution is 2.17. The Morgan fingerprint density at radius 2 is 1.96 bits per heavy atom. The number of rotatable bonds is 3. The van der Waals surface area contributed by atoms with E-state index in [0.717, 1.165) is 0 Å². The number of benzene rings is 2. The molecule has 0 radical (unpaired) electrons. The number of nitriles is 1. The molecule has 0 aliphatic carbocycles. The maximum absolute atomic E-state index is 14.2. The summed E-state index contributed by atoms with van der Waals surface area (Å²) >= 11 is 0. The Balaban J connectivity index is 1.93. The summed E-state index contributed by atoms with van der Waals surface area (Å²) in [5.41, 5.74) is 1.35. The van der Waals surface area contributed by atoms with E-state index in [1.807, 2.05) is 6.07 Å². The quantitative estimate of drug-likeness (QED) is 0.799. The number of aromatic nitrogens is 1. The molecule has 25 heavy (non-hydrogen) atoms. The summed E-state index contributed by atoms with van der Waals surface area (Å²) in [4.78, 5) is 24.4. The van der Waals surface area contributed by atoms with E-state index >= 15 is 0 Å². The fourth-order valence-electron chi connectivity index (χ4n) is 2.69. The molecule has 1 N–H and O–H groups in total. The first-order valence-electron chi connectivity index (χ1n) is 7.58. The number of hydrogen-bond acceptors (Lipinski definition) is 3. The Morgan fingerprint density at radius 1 is 1.24 bits per heavy atom. The number of halogens is 1. The second kappa shape index (κ2) is 6.57. The van der Waals surface area contributed by atoms with Crippen LogP contribution in [0, 0.1) is 24.1 Å². The lowest BCUT2D eigenvalue weighted by molar-refractivity contribution is -0.116. The number of fused-ring (bicyclic) bond motifs is 1. The molecule has 124 valence electrons. The first kappa shape index (κ1) is 16.4. The van der Waals surface area contributed by atoms with Crippen LogP contribution in [0.3, 0.4) is 0 Å². The largest absolute Gasteiger partial charge is 0.333 e. The van der Waals surface area contributed by atoms with Crippen LogP contribution < -0.4 is 10.7 Å². The molecule has 0 unspecified atom stereocenters. The molecule has 0 aliphatic rings. The zero-order valence-corrected chi connectivity index (χ0v) is 13.4. The summed E-state index contributed by atoms with van der Waals surface area (Å²) in [5, 5.41) is 11.7. The molecule has 0 saturated carbocycles. The van der Waals surface area contributed by atoms with Crippen LogP contribution in [0.1, 0.15) is 11.3 Å². The molecule has 1 aromatic heterocycles. The Bertz CT molecular complexity index is 1060. The standard InChI is InChI=1S/C19H14FN3O2/c1-12-9-17(24)15-3-2-4-16(20)19(15)23(12)11-18(25)22-14-7-5-13(10-21)6-8-14/h2-9H,11H2,1H3,(H,22,25). The fourth-order valence-corrected chi connectivity index (χ4v) is 2.69. The molecule has 1 heterocycles. The maximum Gasteiger partial charge on any atom is 0.244 e. The summed E-state index contributed by atoms with van der Waals surface area (Å²) < 4.78 is 15.7. The van der Waals surface area contributed by atoms with Gasteiger partial charge in [0, 0.05) is 22.8 Å². The zero-order chi connectivity index (χ0) is 18.0. The number of carbonyl (C=O) groups is 1. The van der Waals surface area contributed by atoms with E-state index in [-0.39, 0.29) is 28.8 Å². The lowest BCUT2D eigenvalue weighted by Crippen LogP contribution is -2.22. The summed E-state index contributed by atoms with van der Waals surface area (Å²) in [7, 11) is 0. The molecule has 0 fully saturated rings. The summed E-state index contributed by atoms with van der Waals surface area (Å²) in [6, 6.07) is 14.1. The SMILES string of the molecule is Cc1cc(=O)c2cccc(F)c2n1CC(=O)Nc1ccc(C#N)cc1. The topological polar surface area (TPSA) is 74.9 Å². The van der Waals surface area contributed by atoms with Gasteiger partial charge in [-0.15, -0.1) is 0 Å². The van der Waals surface area contributed by atoms with Crippen LogP contribution in [0.25, 0.3) is 10.9 Å². The van der Waals surface area contributed by atoms with Crippen molar-refractivity contribution in [1.82, 2.24) is 4.57 Å². The average molecular weight is 335 g/mol. The molecule has 1 amide bonds. The minimum Gasteiger partial charge on any atom is -0.333 e. The van der Waals surface area contributed by atoms with Crippen LogP contribution >= 0.6 is 0 Å². The number of para-hydroxylation sites is 1. The highest BCUT2D eigenvalue weighted by molar-refractivity contribution is 5.92. The van der Waals surface area contributed by atoms with Gasteiger partial charge in [0.25, 0.3) is 0 Å². The van der Waals surface area contributed by atoms with Crippen molar-refractivity contribution < 1.29 is 9.18 Å². The lowest BCUT2D eigenvalue weighted by atomic mass is 10.1. The van der Waals surface area contributed by atoms with Gasteiger partial charge in [0.05, 0.1) is 17.1 Å². The van der Waals surface area contributed by atoms with Gasteiger partial charge < -0.3 is 9.88 Å². The molecule has 0 saturated heterocycles. The van der Waals surface area contributed by atoms with Crippen LogP contribution in [0.15, 0.2) is 53.3 Å². The maximum atomic E-state index is 14.2. The van der Waals surface area contributed by atoms with E-state index in [1.165, 1.54) is 28.8 Å². The van der Waals surface area contributed by atoms with E-state index in [9.17, 15) is 14.0 Å². The predicted octanol–water partition coefficient (Wildman–Crippen LogP) is 2.96. The number of aryl methyl sites for hydroxylation is 1. The Labute approximate surface area is 142 Å². The number of nitrogens with one attached hydrogen (secondary N) is 1. The summed E-state index contributed by atoms with van der Waals surface area (Å²) in [6.07, 6.45) is 0. The third-order valence-electron chi connectivity index (χ3n) is 3.89. The van der Waals surface area contributed by atoms with Crippen LogP contribution in [0.2, 0.25) is 0 Å². The van der Waals surface area contributed by atoms with Gasteiger partial charge in [-0.2, -0.15) is 5.26 Å². The van der Waals surface area contributed by atoms with Crippen LogP contribution in [-0.4, -0.2) is 10.5 Å². The van der Waals surface area contributed by atoms with Crippen molar-refractivity contribution in [3.05, 3.63) is 75.8 Å².